The van der Waals surface area contributed by atoms with Crippen LogP contribution < -0.4 is 10.8 Å². The van der Waals surface area contributed by atoms with E-state index in [-0.39, 0.29) is 6.42 Å². The van der Waals surface area contributed by atoms with Crippen LogP contribution in [0.3, 0.4) is 0 Å². The van der Waals surface area contributed by atoms with Gasteiger partial charge in [-0.3, -0.25) is 4.79 Å². The lowest BCUT2D eigenvalue weighted by molar-refractivity contribution is -0.477. The average molecular weight is 353 g/mol. The van der Waals surface area contributed by atoms with Crippen LogP contribution in [0.5, 0.6) is 0 Å². The molecule has 1 heterocycles. The number of aliphatic carboxylic acids is 1. The molecule has 9 nitrogen and oxygen atoms in total. The van der Waals surface area contributed by atoms with Crippen molar-refractivity contribution in [2.24, 2.45) is 0 Å². The molecular weight excluding hydrogens is 330 g/mol. The maximum atomic E-state index is 11.6. The number of carbonyl (C=O) groups excluding carboxylic acids is 2. The average Bonchev–Trinajstić information content (AvgIpc) is 2.48. The number of ether oxygens (including phenoxy) is 2. The van der Waals surface area contributed by atoms with Crippen LogP contribution in [0.15, 0.2) is 0 Å². The van der Waals surface area contributed by atoms with Gasteiger partial charge in [-0.05, 0) is 5.75 Å². The first kappa shape index (κ1) is 20.1. The van der Waals surface area contributed by atoms with E-state index < -0.39 is 53.9 Å². The van der Waals surface area contributed by atoms with Gasteiger partial charge in [0.15, 0.2) is 17.1 Å². The summed E-state index contributed by atoms with van der Waals surface area (Å²) in [5.41, 5.74) is 3.76. The number of carboxylic acids is 1. The number of aliphatic hydroxyl groups excluding tert-OH is 3. The molecule has 0 unspecified atom stereocenters. The van der Waals surface area contributed by atoms with Crippen LogP contribution >= 0.6 is 11.8 Å². The van der Waals surface area contributed by atoms with Gasteiger partial charge in [0.25, 0.3) is 0 Å². The van der Waals surface area contributed by atoms with Gasteiger partial charge in [-0.2, -0.15) is 0 Å². The van der Waals surface area contributed by atoms with Crippen LogP contribution in [0, 0.1) is 0 Å². The molecule has 0 aromatic carbocycles. The first-order valence-corrected chi connectivity index (χ1v) is 8.17. The number of rotatable bonds is 7. The van der Waals surface area contributed by atoms with Crippen LogP contribution in [0.25, 0.3) is 0 Å². The van der Waals surface area contributed by atoms with E-state index in [0.717, 1.165) is 11.8 Å². The fourth-order valence-electron chi connectivity index (χ4n) is 2.49. The Bertz CT molecular complexity index is 436. The Morgan fingerprint density at radius 2 is 2.13 bits per heavy atom. The Morgan fingerprint density at radius 3 is 2.57 bits per heavy atom. The largest absolute Gasteiger partial charge is 0.546 e. The van der Waals surface area contributed by atoms with E-state index in [2.05, 4.69) is 5.73 Å². The molecule has 1 aliphatic heterocycles. The molecule has 0 bridgehead atoms. The van der Waals surface area contributed by atoms with Gasteiger partial charge in [0.2, 0.25) is 0 Å². The topological polar surface area (TPSA) is 164 Å². The summed E-state index contributed by atoms with van der Waals surface area (Å²) in [7, 11) is 0. The molecule has 0 saturated carbocycles. The molecule has 6 atom stereocenters. The number of aliphatic hydroxyl groups is 3. The van der Waals surface area contributed by atoms with Gasteiger partial charge in [-0.25, -0.2) is 0 Å². The van der Waals surface area contributed by atoms with Crippen molar-refractivity contribution < 1.29 is 45.2 Å². The summed E-state index contributed by atoms with van der Waals surface area (Å²) in [6, 6.07) is -0.833. The summed E-state index contributed by atoms with van der Waals surface area (Å²) < 4.78 is 10.6. The molecule has 0 radical (unpaired) electrons. The van der Waals surface area contributed by atoms with Gasteiger partial charge in [-0.1, -0.05) is 6.92 Å². The van der Waals surface area contributed by atoms with Crippen molar-refractivity contribution in [1.29, 1.82) is 0 Å². The van der Waals surface area contributed by atoms with Crippen molar-refractivity contribution in [2.45, 2.75) is 55.7 Å². The van der Waals surface area contributed by atoms with Gasteiger partial charge >= 0.3 is 5.97 Å². The second-order valence-electron chi connectivity index (χ2n) is 5.31. The van der Waals surface area contributed by atoms with E-state index in [9.17, 15) is 24.9 Å². The molecular formula is C13H23NO8S. The Balaban J connectivity index is 3.17. The van der Waals surface area contributed by atoms with E-state index in [0.29, 0.717) is 5.75 Å². The first-order chi connectivity index (χ1) is 10.7. The highest BCUT2D eigenvalue weighted by Crippen LogP contribution is 2.39. The number of quaternary nitrogens is 1. The number of carbonyl (C=O) groups is 2. The molecule has 6 N–H and O–H groups in total. The van der Waals surface area contributed by atoms with Crippen LogP contribution in [0.2, 0.25) is 0 Å². The summed E-state index contributed by atoms with van der Waals surface area (Å²) >= 11 is 0.923. The van der Waals surface area contributed by atoms with Gasteiger partial charge in [-0.15, -0.1) is 11.8 Å². The van der Waals surface area contributed by atoms with Crippen LogP contribution in [0.1, 0.15) is 20.3 Å². The van der Waals surface area contributed by atoms with Crippen LogP contribution in [-0.2, 0) is 19.1 Å². The molecule has 0 aliphatic carbocycles. The SMILES string of the molecule is CCS[C@]1(C(=O)[O-])C[C@H](OC(C)=O)[C@@H]([NH3+])[C@H]([C@H](O)[C@H](O)CO)O1. The van der Waals surface area contributed by atoms with Crippen molar-refractivity contribution in [3.63, 3.8) is 0 Å². The molecule has 0 spiro atoms. The summed E-state index contributed by atoms with van der Waals surface area (Å²) in [5.74, 6) is -1.78. The standard InChI is InChI=1S/C13H23NO8S/c1-3-23-13(12(19)20)4-8(21-6(2)16)9(14)11(22-13)10(18)7(17)5-15/h7-11,15,17-18H,3-5,14H2,1-2H3,(H,19,20)/t7-,8+,9-,10-,11-,13+/m1/s1. The number of thioether (sulfide) groups is 1. The highest BCUT2D eigenvalue weighted by atomic mass is 32.2. The quantitative estimate of drug-likeness (QED) is 0.336. The second kappa shape index (κ2) is 8.27. The fraction of sp³-hybridized carbons (Fsp3) is 0.846. The Kier molecular flexibility index (Phi) is 7.24. The smallest absolute Gasteiger partial charge is 0.303 e. The zero-order valence-electron chi connectivity index (χ0n) is 13.0. The molecule has 23 heavy (non-hydrogen) atoms. The van der Waals surface area contributed by atoms with E-state index in [1.165, 1.54) is 6.92 Å². The maximum Gasteiger partial charge on any atom is 0.303 e. The lowest BCUT2D eigenvalue weighted by Crippen LogP contribution is -2.79. The fourth-order valence-corrected chi connectivity index (χ4v) is 3.54. The monoisotopic (exact) mass is 353 g/mol. The Hall–Kier alpha value is -0.910. The van der Waals surface area contributed by atoms with Crippen molar-refractivity contribution >= 4 is 23.7 Å². The molecule has 1 saturated heterocycles. The number of hydrogen-bond donors (Lipinski definition) is 4. The van der Waals surface area contributed by atoms with Crippen molar-refractivity contribution in [3.05, 3.63) is 0 Å². The normalized spacial score (nSPS) is 33.7. The minimum atomic E-state index is -1.84. The third-order valence-electron chi connectivity index (χ3n) is 3.62. The molecule has 0 amide bonds. The van der Waals surface area contributed by atoms with Gasteiger partial charge in [0.05, 0.1) is 12.6 Å². The Labute approximate surface area is 137 Å². The van der Waals surface area contributed by atoms with E-state index in [1.54, 1.807) is 6.92 Å². The van der Waals surface area contributed by atoms with Crippen LogP contribution in [-0.4, -0.2) is 75.0 Å². The molecule has 1 rings (SSSR count). The highest BCUT2D eigenvalue weighted by Gasteiger charge is 2.53. The van der Waals surface area contributed by atoms with E-state index in [1.807, 2.05) is 0 Å². The van der Waals surface area contributed by atoms with Crippen LogP contribution in [0.4, 0.5) is 0 Å². The minimum absolute atomic E-state index is 0.194. The Morgan fingerprint density at radius 1 is 1.52 bits per heavy atom. The predicted molar refractivity (Wildman–Crippen MR) is 76.7 cm³/mol. The van der Waals surface area contributed by atoms with E-state index >= 15 is 0 Å². The number of esters is 1. The van der Waals surface area contributed by atoms with E-state index in [4.69, 9.17) is 14.6 Å². The van der Waals surface area contributed by atoms with Gasteiger partial charge in [0.1, 0.15) is 18.3 Å². The minimum Gasteiger partial charge on any atom is -0.546 e. The van der Waals surface area contributed by atoms with Crippen molar-refractivity contribution in [1.82, 2.24) is 0 Å². The molecule has 10 heteroatoms. The zero-order valence-corrected chi connectivity index (χ0v) is 13.8. The summed E-state index contributed by atoms with van der Waals surface area (Å²) in [5, 5.41) is 40.3. The number of hydrogen-bond acceptors (Lipinski definition) is 9. The van der Waals surface area contributed by atoms with Gasteiger partial charge < -0.3 is 40.4 Å². The third-order valence-corrected chi connectivity index (χ3v) is 4.80. The highest BCUT2D eigenvalue weighted by molar-refractivity contribution is 8.01. The first-order valence-electron chi connectivity index (χ1n) is 7.19. The second-order valence-corrected chi connectivity index (χ2v) is 6.84. The molecule has 1 aliphatic rings. The summed E-state index contributed by atoms with van der Waals surface area (Å²) in [6.45, 7) is 2.14. The molecule has 0 aromatic heterocycles. The summed E-state index contributed by atoms with van der Waals surface area (Å²) in [4.78, 5) is 21.0. The predicted octanol–water partition coefficient (Wildman–Crippen LogP) is -3.77. The van der Waals surface area contributed by atoms with Crippen molar-refractivity contribution in [2.75, 3.05) is 12.4 Å². The molecule has 134 valence electrons. The lowest BCUT2D eigenvalue weighted by Gasteiger charge is -2.47. The maximum absolute atomic E-state index is 11.6. The molecule has 1 fully saturated rings. The summed E-state index contributed by atoms with van der Waals surface area (Å²) in [6.07, 6.45) is -5.54. The third kappa shape index (κ3) is 4.55. The molecule has 0 aromatic rings. The number of carboxylic acid groups (broad SMARTS) is 1. The van der Waals surface area contributed by atoms with Gasteiger partial charge in [0, 0.05) is 13.3 Å². The van der Waals surface area contributed by atoms with Crippen molar-refractivity contribution in [3.8, 4) is 0 Å². The zero-order chi connectivity index (χ0) is 17.8. The lowest BCUT2D eigenvalue weighted by atomic mass is 9.90.